The number of hydrogen-bond donors (Lipinski definition) is 0. The van der Waals surface area contributed by atoms with Gasteiger partial charge in [-0.3, -0.25) is 0 Å². The average molecular weight is 202 g/mol. The van der Waals surface area contributed by atoms with Crippen LogP contribution in [0.25, 0.3) is 0 Å². The lowest BCUT2D eigenvalue weighted by Crippen LogP contribution is -1.88. The Morgan fingerprint density at radius 2 is 1.73 bits per heavy atom. The van der Waals surface area contributed by atoms with Crippen LogP contribution >= 0.6 is 0 Å². The van der Waals surface area contributed by atoms with E-state index in [1.807, 2.05) is 36.4 Å². The summed E-state index contributed by atoms with van der Waals surface area (Å²) < 4.78 is 12.3. The van der Waals surface area contributed by atoms with E-state index in [-0.39, 0.29) is 0 Å². The number of rotatable bonds is 5. The van der Waals surface area contributed by atoms with Gasteiger partial charge in [0.15, 0.2) is 0 Å². The molecule has 0 aliphatic rings. The molecule has 0 heterocycles. The quantitative estimate of drug-likeness (QED) is 0.633. The lowest BCUT2D eigenvalue weighted by molar-refractivity contribution is 0.485. The third-order valence-electron chi connectivity index (χ3n) is 2.18. The zero-order valence-electron chi connectivity index (χ0n) is 8.75. The van der Waals surface area contributed by atoms with Gasteiger partial charge in [0.25, 0.3) is 0 Å². The lowest BCUT2D eigenvalue weighted by atomic mass is 10.0. The second-order valence-corrected chi connectivity index (χ2v) is 3.31. The molecule has 1 aromatic rings. The summed E-state index contributed by atoms with van der Waals surface area (Å²) in [5, 5.41) is 0. The van der Waals surface area contributed by atoms with Crippen LogP contribution in [-0.4, -0.2) is 0 Å². The second kappa shape index (κ2) is 5.97. The maximum Gasteiger partial charge on any atom is 0.115 e. The SMILES string of the molecule is C=C/C=C(\C=C)Cc1ccc(CF)cc1. The number of allylic oxidation sites excluding steroid dienone is 4. The van der Waals surface area contributed by atoms with E-state index in [9.17, 15) is 4.39 Å². The van der Waals surface area contributed by atoms with Crippen molar-refractivity contribution < 1.29 is 4.39 Å². The van der Waals surface area contributed by atoms with E-state index in [2.05, 4.69) is 13.2 Å². The van der Waals surface area contributed by atoms with Gasteiger partial charge in [0.1, 0.15) is 6.67 Å². The Balaban J connectivity index is 2.75. The topological polar surface area (TPSA) is 0 Å². The number of halogens is 1. The molecule has 0 aliphatic carbocycles. The summed E-state index contributed by atoms with van der Waals surface area (Å²) in [6.45, 7) is 6.97. The van der Waals surface area contributed by atoms with E-state index >= 15 is 0 Å². The van der Waals surface area contributed by atoms with E-state index in [1.165, 1.54) is 0 Å². The first-order valence-electron chi connectivity index (χ1n) is 4.88. The molecule has 0 saturated carbocycles. The molecular weight excluding hydrogens is 187 g/mol. The van der Waals surface area contributed by atoms with Crippen LogP contribution in [0.5, 0.6) is 0 Å². The maximum atomic E-state index is 12.3. The van der Waals surface area contributed by atoms with Crippen molar-refractivity contribution in [2.75, 3.05) is 0 Å². The molecule has 0 N–H and O–H groups in total. The molecule has 0 aliphatic heterocycles. The largest absolute Gasteiger partial charge is 0.246 e. The Bertz CT molecular complexity index is 357. The minimum absolute atomic E-state index is 0.406. The van der Waals surface area contributed by atoms with Gasteiger partial charge in [-0.05, 0) is 23.1 Å². The molecule has 0 amide bonds. The third-order valence-corrected chi connectivity index (χ3v) is 2.18. The molecule has 78 valence electrons. The van der Waals surface area contributed by atoms with Crippen LogP contribution in [0.15, 0.2) is 61.2 Å². The molecule has 0 spiro atoms. The van der Waals surface area contributed by atoms with Gasteiger partial charge < -0.3 is 0 Å². The molecule has 1 rings (SSSR count). The van der Waals surface area contributed by atoms with E-state index in [0.29, 0.717) is 5.56 Å². The molecule has 0 unspecified atom stereocenters. The number of alkyl halides is 1. The summed E-state index contributed by atoms with van der Waals surface area (Å²) in [4.78, 5) is 0. The number of hydrogen-bond acceptors (Lipinski definition) is 0. The van der Waals surface area contributed by atoms with E-state index in [0.717, 1.165) is 17.6 Å². The van der Waals surface area contributed by atoms with Gasteiger partial charge in [0.05, 0.1) is 0 Å². The first-order chi connectivity index (χ1) is 7.30. The summed E-state index contributed by atoms with van der Waals surface area (Å²) in [6, 6.07) is 7.50. The zero-order chi connectivity index (χ0) is 11.1. The van der Waals surface area contributed by atoms with Crippen molar-refractivity contribution in [2.45, 2.75) is 13.1 Å². The molecule has 1 aromatic carbocycles. The Labute approximate surface area is 90.4 Å². The van der Waals surface area contributed by atoms with Crippen molar-refractivity contribution in [1.82, 2.24) is 0 Å². The molecular formula is C14H15F. The monoisotopic (exact) mass is 202 g/mol. The normalized spacial score (nSPS) is 11.1. The van der Waals surface area contributed by atoms with Crippen molar-refractivity contribution in [3.63, 3.8) is 0 Å². The zero-order valence-corrected chi connectivity index (χ0v) is 8.75. The fraction of sp³-hybridized carbons (Fsp3) is 0.143. The van der Waals surface area contributed by atoms with Crippen LogP contribution in [0.2, 0.25) is 0 Å². The van der Waals surface area contributed by atoms with Gasteiger partial charge in [-0.1, -0.05) is 55.7 Å². The highest BCUT2D eigenvalue weighted by Crippen LogP contribution is 2.11. The predicted octanol–water partition coefficient (Wildman–Crippen LogP) is 4.00. The molecule has 15 heavy (non-hydrogen) atoms. The first kappa shape index (κ1) is 11.4. The second-order valence-electron chi connectivity index (χ2n) is 3.31. The Morgan fingerprint density at radius 3 is 2.20 bits per heavy atom. The molecule has 1 heteroatoms. The molecule has 0 nitrogen and oxygen atoms in total. The van der Waals surface area contributed by atoms with E-state index in [1.54, 1.807) is 6.08 Å². The number of benzene rings is 1. The highest BCUT2D eigenvalue weighted by Gasteiger charge is 1.96. The van der Waals surface area contributed by atoms with E-state index in [4.69, 9.17) is 0 Å². The molecule has 0 bridgehead atoms. The first-order valence-corrected chi connectivity index (χ1v) is 4.88. The van der Waals surface area contributed by atoms with E-state index < -0.39 is 6.67 Å². The maximum absolute atomic E-state index is 12.3. The summed E-state index contributed by atoms with van der Waals surface area (Å²) in [5.41, 5.74) is 2.98. The Morgan fingerprint density at radius 1 is 1.13 bits per heavy atom. The summed E-state index contributed by atoms with van der Waals surface area (Å²) in [6.07, 6.45) is 6.29. The van der Waals surface area contributed by atoms with Crippen LogP contribution in [0, 0.1) is 0 Å². The van der Waals surface area contributed by atoms with Crippen molar-refractivity contribution >= 4 is 0 Å². The van der Waals surface area contributed by atoms with Crippen LogP contribution < -0.4 is 0 Å². The molecule has 0 radical (unpaired) electrons. The fourth-order valence-electron chi connectivity index (χ4n) is 1.33. The smallest absolute Gasteiger partial charge is 0.115 e. The van der Waals surface area contributed by atoms with Crippen LogP contribution in [-0.2, 0) is 13.1 Å². The van der Waals surface area contributed by atoms with Crippen LogP contribution in [0.3, 0.4) is 0 Å². The van der Waals surface area contributed by atoms with Crippen LogP contribution in [0.4, 0.5) is 4.39 Å². The molecule has 0 aromatic heterocycles. The van der Waals surface area contributed by atoms with Crippen molar-refractivity contribution in [3.8, 4) is 0 Å². The highest BCUT2D eigenvalue weighted by molar-refractivity contribution is 5.31. The predicted molar refractivity (Wildman–Crippen MR) is 63.4 cm³/mol. The van der Waals surface area contributed by atoms with Gasteiger partial charge >= 0.3 is 0 Å². The third kappa shape index (κ3) is 3.55. The minimum Gasteiger partial charge on any atom is -0.246 e. The Kier molecular flexibility index (Phi) is 4.55. The van der Waals surface area contributed by atoms with Gasteiger partial charge in [0, 0.05) is 0 Å². The van der Waals surface area contributed by atoms with Gasteiger partial charge in [-0.15, -0.1) is 0 Å². The van der Waals surface area contributed by atoms with Crippen molar-refractivity contribution in [1.29, 1.82) is 0 Å². The highest BCUT2D eigenvalue weighted by atomic mass is 19.1. The molecule has 0 atom stereocenters. The van der Waals surface area contributed by atoms with Crippen molar-refractivity contribution in [3.05, 3.63) is 72.4 Å². The Hall–Kier alpha value is -1.63. The van der Waals surface area contributed by atoms with Gasteiger partial charge in [-0.2, -0.15) is 0 Å². The summed E-state index contributed by atoms with van der Waals surface area (Å²) in [5.74, 6) is 0. The summed E-state index contributed by atoms with van der Waals surface area (Å²) >= 11 is 0. The standard InChI is InChI=1S/C14H15F/c1-3-5-12(4-2)10-13-6-8-14(11-15)9-7-13/h3-9H,1-2,10-11H2/b12-5+. The fourth-order valence-corrected chi connectivity index (χ4v) is 1.33. The van der Waals surface area contributed by atoms with Crippen molar-refractivity contribution in [2.24, 2.45) is 0 Å². The van der Waals surface area contributed by atoms with Gasteiger partial charge in [0.2, 0.25) is 0 Å². The average Bonchev–Trinajstić information content (AvgIpc) is 2.29. The van der Waals surface area contributed by atoms with Gasteiger partial charge in [-0.25, -0.2) is 4.39 Å². The minimum atomic E-state index is -0.406. The van der Waals surface area contributed by atoms with Crippen LogP contribution in [0.1, 0.15) is 11.1 Å². The summed E-state index contributed by atoms with van der Waals surface area (Å²) in [7, 11) is 0. The molecule has 0 fully saturated rings. The molecule has 0 saturated heterocycles. The lowest BCUT2D eigenvalue weighted by Gasteiger charge is -2.02.